The molecule has 0 spiro atoms. The average Bonchev–Trinajstić information content (AvgIpc) is 2.51. The van der Waals surface area contributed by atoms with Gasteiger partial charge in [0, 0.05) is 13.1 Å². The summed E-state index contributed by atoms with van der Waals surface area (Å²) in [5.74, 6) is 0.879. The molecule has 0 aliphatic heterocycles. The summed E-state index contributed by atoms with van der Waals surface area (Å²) in [7, 11) is 0. The van der Waals surface area contributed by atoms with Crippen molar-refractivity contribution in [2.75, 3.05) is 5.32 Å². The number of nitrogens with zero attached hydrogens (tertiary/aromatic N) is 4. The summed E-state index contributed by atoms with van der Waals surface area (Å²) >= 11 is 0. The third kappa shape index (κ3) is 1.33. The van der Waals surface area contributed by atoms with Crippen LogP contribution < -0.4 is 5.32 Å². The van der Waals surface area contributed by atoms with Crippen LogP contribution in [0.15, 0.2) is 18.6 Å². The van der Waals surface area contributed by atoms with Crippen molar-refractivity contribution in [1.82, 2.24) is 19.6 Å². The second-order valence-corrected chi connectivity index (χ2v) is 2.48. The van der Waals surface area contributed by atoms with Gasteiger partial charge < -0.3 is 5.32 Å². The normalized spacial score (nSPS) is 10.2. The molecule has 2 heterocycles. The first-order chi connectivity index (χ1) is 6.27. The highest BCUT2D eigenvalue weighted by Crippen LogP contribution is 2.05. The van der Waals surface area contributed by atoms with E-state index in [0.29, 0.717) is 11.6 Å². The number of carbonyl (C=O) groups is 1. The standard InChI is InChI=1S/C7H7N5O/c1-5(13)11-6-2-3-8-7-9-4-10-12(6)7/h2-4H,1H3,(H,11,13). The van der Waals surface area contributed by atoms with E-state index in [1.165, 1.54) is 17.8 Å². The summed E-state index contributed by atoms with van der Waals surface area (Å²) in [4.78, 5) is 18.6. The van der Waals surface area contributed by atoms with E-state index >= 15 is 0 Å². The van der Waals surface area contributed by atoms with Gasteiger partial charge in [-0.15, -0.1) is 0 Å². The zero-order valence-electron chi connectivity index (χ0n) is 6.93. The molecular weight excluding hydrogens is 170 g/mol. The van der Waals surface area contributed by atoms with Gasteiger partial charge in [-0.25, -0.2) is 4.98 Å². The maximum atomic E-state index is 10.8. The number of nitrogens with one attached hydrogen (secondary N) is 1. The van der Waals surface area contributed by atoms with Crippen molar-refractivity contribution in [2.24, 2.45) is 0 Å². The molecule has 66 valence electrons. The minimum absolute atomic E-state index is 0.150. The molecule has 0 bridgehead atoms. The molecule has 2 rings (SSSR count). The van der Waals surface area contributed by atoms with Crippen molar-refractivity contribution in [1.29, 1.82) is 0 Å². The van der Waals surface area contributed by atoms with E-state index in [9.17, 15) is 4.79 Å². The van der Waals surface area contributed by atoms with Gasteiger partial charge in [0.15, 0.2) is 0 Å². The predicted octanol–water partition coefficient (Wildman–Crippen LogP) is 0.0827. The van der Waals surface area contributed by atoms with E-state index in [4.69, 9.17) is 0 Å². The van der Waals surface area contributed by atoms with Crippen molar-refractivity contribution in [3.8, 4) is 0 Å². The molecule has 2 aromatic rings. The lowest BCUT2D eigenvalue weighted by molar-refractivity contribution is -0.114. The van der Waals surface area contributed by atoms with Crippen LogP contribution in [0.5, 0.6) is 0 Å². The van der Waals surface area contributed by atoms with Crippen LogP contribution in [0, 0.1) is 0 Å². The van der Waals surface area contributed by atoms with Crippen LogP contribution in [-0.2, 0) is 4.79 Å². The Morgan fingerprint density at radius 2 is 2.38 bits per heavy atom. The number of hydrogen-bond acceptors (Lipinski definition) is 4. The molecule has 13 heavy (non-hydrogen) atoms. The lowest BCUT2D eigenvalue weighted by Gasteiger charge is -2.01. The first-order valence-electron chi connectivity index (χ1n) is 3.70. The number of carbonyl (C=O) groups excluding carboxylic acids is 1. The summed E-state index contributed by atoms with van der Waals surface area (Å²) < 4.78 is 1.46. The van der Waals surface area contributed by atoms with Crippen molar-refractivity contribution >= 4 is 17.5 Å². The van der Waals surface area contributed by atoms with E-state index in [-0.39, 0.29) is 5.91 Å². The summed E-state index contributed by atoms with van der Waals surface area (Å²) in [5.41, 5.74) is 0. The zero-order valence-corrected chi connectivity index (χ0v) is 6.93. The number of amides is 1. The average molecular weight is 177 g/mol. The van der Waals surface area contributed by atoms with Gasteiger partial charge >= 0.3 is 0 Å². The maximum absolute atomic E-state index is 10.8. The van der Waals surface area contributed by atoms with Crippen LogP contribution in [0.4, 0.5) is 5.82 Å². The van der Waals surface area contributed by atoms with E-state index in [1.54, 1.807) is 12.3 Å². The maximum Gasteiger partial charge on any atom is 0.254 e. The fourth-order valence-electron chi connectivity index (χ4n) is 1.01. The Labute approximate surface area is 73.6 Å². The second kappa shape index (κ2) is 2.81. The summed E-state index contributed by atoms with van der Waals surface area (Å²) in [6, 6.07) is 1.66. The highest BCUT2D eigenvalue weighted by molar-refractivity contribution is 5.87. The molecule has 0 aliphatic carbocycles. The lowest BCUT2D eigenvalue weighted by Crippen LogP contribution is -2.10. The number of hydrogen-bond donors (Lipinski definition) is 1. The lowest BCUT2D eigenvalue weighted by atomic mass is 10.5. The molecular formula is C7H7N5O. The topological polar surface area (TPSA) is 72.2 Å². The minimum Gasteiger partial charge on any atom is -0.311 e. The van der Waals surface area contributed by atoms with Crippen LogP contribution in [-0.4, -0.2) is 25.5 Å². The monoisotopic (exact) mass is 177 g/mol. The van der Waals surface area contributed by atoms with Crippen LogP contribution >= 0.6 is 0 Å². The summed E-state index contributed by atoms with van der Waals surface area (Å²) in [6.07, 6.45) is 2.95. The molecule has 0 radical (unpaired) electrons. The summed E-state index contributed by atoms with van der Waals surface area (Å²) in [5, 5.41) is 6.52. The molecule has 2 aromatic heterocycles. The Morgan fingerprint density at radius 1 is 1.54 bits per heavy atom. The largest absolute Gasteiger partial charge is 0.311 e. The van der Waals surface area contributed by atoms with Crippen molar-refractivity contribution < 1.29 is 4.79 Å². The Kier molecular flexibility index (Phi) is 1.66. The van der Waals surface area contributed by atoms with Crippen LogP contribution in [0.25, 0.3) is 5.78 Å². The van der Waals surface area contributed by atoms with Gasteiger partial charge in [-0.2, -0.15) is 14.6 Å². The molecule has 1 N–H and O–H groups in total. The van der Waals surface area contributed by atoms with Crippen LogP contribution in [0.1, 0.15) is 6.92 Å². The van der Waals surface area contributed by atoms with Crippen LogP contribution in [0.3, 0.4) is 0 Å². The fraction of sp³-hybridized carbons (Fsp3) is 0.143. The van der Waals surface area contributed by atoms with Gasteiger partial charge in [-0.3, -0.25) is 4.79 Å². The molecule has 0 saturated heterocycles. The SMILES string of the molecule is CC(=O)Nc1ccnc2ncnn12. The molecule has 0 atom stereocenters. The van der Waals surface area contributed by atoms with Gasteiger partial charge in [0.1, 0.15) is 12.1 Å². The van der Waals surface area contributed by atoms with Gasteiger partial charge in [0.25, 0.3) is 5.78 Å². The molecule has 0 fully saturated rings. The first-order valence-corrected chi connectivity index (χ1v) is 3.70. The molecule has 0 aromatic carbocycles. The summed E-state index contributed by atoms with van der Waals surface area (Å²) in [6.45, 7) is 1.43. The first kappa shape index (κ1) is 7.66. The molecule has 6 nitrogen and oxygen atoms in total. The van der Waals surface area contributed by atoms with E-state index in [0.717, 1.165) is 0 Å². The van der Waals surface area contributed by atoms with Crippen LogP contribution in [0.2, 0.25) is 0 Å². The third-order valence-corrected chi connectivity index (χ3v) is 1.48. The van der Waals surface area contributed by atoms with Gasteiger partial charge in [-0.05, 0) is 6.07 Å². The van der Waals surface area contributed by atoms with Gasteiger partial charge in [-0.1, -0.05) is 0 Å². The Balaban J connectivity index is 2.54. The van der Waals surface area contributed by atoms with E-state index in [1.807, 2.05) is 0 Å². The minimum atomic E-state index is -0.150. The molecule has 6 heteroatoms. The van der Waals surface area contributed by atoms with Gasteiger partial charge in [0.05, 0.1) is 0 Å². The molecule has 0 aliphatic rings. The predicted molar refractivity (Wildman–Crippen MR) is 45.1 cm³/mol. The number of rotatable bonds is 1. The fourth-order valence-corrected chi connectivity index (χ4v) is 1.01. The van der Waals surface area contributed by atoms with Crippen molar-refractivity contribution in [3.63, 3.8) is 0 Å². The van der Waals surface area contributed by atoms with E-state index < -0.39 is 0 Å². The second-order valence-electron chi connectivity index (χ2n) is 2.48. The van der Waals surface area contributed by atoms with Gasteiger partial charge in [0.2, 0.25) is 5.91 Å². The zero-order chi connectivity index (χ0) is 9.26. The quantitative estimate of drug-likeness (QED) is 0.669. The highest BCUT2D eigenvalue weighted by Gasteiger charge is 2.02. The van der Waals surface area contributed by atoms with Crippen molar-refractivity contribution in [2.45, 2.75) is 6.92 Å². The molecule has 0 unspecified atom stereocenters. The Hall–Kier alpha value is -1.98. The highest BCUT2D eigenvalue weighted by atomic mass is 16.1. The third-order valence-electron chi connectivity index (χ3n) is 1.48. The Bertz CT molecular complexity index is 449. The van der Waals surface area contributed by atoms with E-state index in [2.05, 4.69) is 20.4 Å². The Morgan fingerprint density at radius 3 is 3.15 bits per heavy atom. The molecule has 1 amide bonds. The number of aromatic nitrogens is 4. The smallest absolute Gasteiger partial charge is 0.254 e. The van der Waals surface area contributed by atoms with Crippen molar-refractivity contribution in [3.05, 3.63) is 18.6 Å². The molecule has 0 saturated carbocycles. The number of anilines is 1. The number of fused-ring (bicyclic) bond motifs is 1.